The van der Waals surface area contributed by atoms with Crippen LogP contribution in [0.15, 0.2) is 0 Å². The fourth-order valence-corrected chi connectivity index (χ4v) is 3.78. The normalized spacial score (nSPS) is 31.0. The van der Waals surface area contributed by atoms with Crippen LogP contribution in [-0.2, 0) is 4.74 Å². The summed E-state index contributed by atoms with van der Waals surface area (Å²) in [6.07, 6.45) is 5.33. The Morgan fingerprint density at radius 3 is 2.38 bits per heavy atom. The fraction of sp³-hybridized carbons (Fsp3) is 0.941. The van der Waals surface area contributed by atoms with E-state index >= 15 is 0 Å². The van der Waals surface area contributed by atoms with Gasteiger partial charge in [0.2, 0.25) is 0 Å². The lowest BCUT2D eigenvalue weighted by Gasteiger charge is -2.38. The van der Waals surface area contributed by atoms with Crippen LogP contribution in [0.2, 0.25) is 0 Å². The summed E-state index contributed by atoms with van der Waals surface area (Å²) in [6, 6.07) is 2.72. The SMILES string of the molecule is C[C@@H]1CN(CCC2CCN([C@@H](C)CC#N)CC2)C[C@@H](C)O1. The Hall–Kier alpha value is -0.630. The number of rotatable bonds is 5. The largest absolute Gasteiger partial charge is 0.373 e. The van der Waals surface area contributed by atoms with E-state index in [9.17, 15) is 0 Å². The van der Waals surface area contributed by atoms with Crippen LogP contribution in [-0.4, -0.2) is 60.8 Å². The summed E-state index contributed by atoms with van der Waals surface area (Å²) < 4.78 is 5.80. The van der Waals surface area contributed by atoms with Crippen molar-refractivity contribution in [3.05, 3.63) is 0 Å². The molecule has 3 atom stereocenters. The van der Waals surface area contributed by atoms with Crippen molar-refractivity contribution < 1.29 is 4.74 Å². The van der Waals surface area contributed by atoms with Gasteiger partial charge in [0, 0.05) is 19.1 Å². The van der Waals surface area contributed by atoms with Crippen molar-refractivity contribution >= 4 is 0 Å². The van der Waals surface area contributed by atoms with Crippen LogP contribution in [0.4, 0.5) is 0 Å². The molecule has 120 valence electrons. The molecule has 0 amide bonds. The maximum absolute atomic E-state index is 8.80. The molecule has 4 nitrogen and oxygen atoms in total. The van der Waals surface area contributed by atoms with Gasteiger partial charge >= 0.3 is 0 Å². The molecule has 2 saturated heterocycles. The second kappa shape index (κ2) is 8.12. The van der Waals surface area contributed by atoms with Crippen LogP contribution in [0.3, 0.4) is 0 Å². The minimum Gasteiger partial charge on any atom is -0.373 e. The van der Waals surface area contributed by atoms with E-state index < -0.39 is 0 Å². The summed E-state index contributed by atoms with van der Waals surface area (Å²) in [7, 11) is 0. The van der Waals surface area contributed by atoms with Crippen molar-refractivity contribution in [3.63, 3.8) is 0 Å². The first-order valence-corrected chi connectivity index (χ1v) is 8.57. The molecule has 0 radical (unpaired) electrons. The molecule has 0 aromatic heterocycles. The maximum Gasteiger partial charge on any atom is 0.0678 e. The van der Waals surface area contributed by atoms with E-state index in [-0.39, 0.29) is 0 Å². The van der Waals surface area contributed by atoms with Gasteiger partial charge in [-0.05, 0) is 65.6 Å². The van der Waals surface area contributed by atoms with Crippen LogP contribution in [0, 0.1) is 17.2 Å². The Kier molecular flexibility index (Phi) is 6.47. The summed E-state index contributed by atoms with van der Waals surface area (Å²) in [5.41, 5.74) is 0. The zero-order valence-corrected chi connectivity index (χ0v) is 13.9. The summed E-state index contributed by atoms with van der Waals surface area (Å²) in [4.78, 5) is 5.06. The number of morpholine rings is 1. The second-order valence-electron chi connectivity index (χ2n) is 7.00. The molecule has 0 saturated carbocycles. The van der Waals surface area contributed by atoms with Crippen molar-refractivity contribution in [1.82, 2.24) is 9.80 Å². The van der Waals surface area contributed by atoms with E-state index in [0.29, 0.717) is 24.7 Å². The second-order valence-corrected chi connectivity index (χ2v) is 7.00. The first kappa shape index (κ1) is 16.7. The predicted octanol–water partition coefficient (Wildman–Crippen LogP) is 2.50. The van der Waals surface area contributed by atoms with Gasteiger partial charge in [0.1, 0.15) is 0 Å². The third kappa shape index (κ3) is 5.25. The lowest BCUT2D eigenvalue weighted by atomic mass is 9.92. The Bertz CT molecular complexity index is 336. The fourth-order valence-electron chi connectivity index (χ4n) is 3.78. The van der Waals surface area contributed by atoms with E-state index in [1.54, 1.807) is 0 Å². The molecule has 0 aromatic carbocycles. The van der Waals surface area contributed by atoms with Crippen molar-refractivity contribution in [2.45, 2.75) is 64.7 Å². The highest BCUT2D eigenvalue weighted by Crippen LogP contribution is 2.23. The number of likely N-dealkylation sites (tertiary alicyclic amines) is 1. The summed E-state index contributed by atoms with van der Waals surface area (Å²) >= 11 is 0. The van der Waals surface area contributed by atoms with Gasteiger partial charge in [0.05, 0.1) is 24.7 Å². The number of hydrogen-bond acceptors (Lipinski definition) is 4. The molecule has 4 heteroatoms. The van der Waals surface area contributed by atoms with Gasteiger partial charge in [0.15, 0.2) is 0 Å². The first-order valence-electron chi connectivity index (χ1n) is 8.57. The van der Waals surface area contributed by atoms with Gasteiger partial charge < -0.3 is 4.74 Å². The number of nitriles is 1. The van der Waals surface area contributed by atoms with Crippen LogP contribution in [0.1, 0.15) is 46.5 Å². The molecule has 2 fully saturated rings. The molecule has 0 spiro atoms. The molecule has 2 aliphatic rings. The quantitative estimate of drug-likeness (QED) is 0.781. The first-order chi connectivity index (χ1) is 10.1. The van der Waals surface area contributed by atoms with Crippen LogP contribution in [0.5, 0.6) is 0 Å². The van der Waals surface area contributed by atoms with Gasteiger partial charge in [-0.3, -0.25) is 9.80 Å². The third-order valence-corrected chi connectivity index (χ3v) is 5.01. The maximum atomic E-state index is 8.80. The van der Waals surface area contributed by atoms with Gasteiger partial charge in [0.25, 0.3) is 0 Å². The van der Waals surface area contributed by atoms with Gasteiger partial charge in [-0.1, -0.05) is 0 Å². The minimum atomic E-state index is 0.377. The zero-order valence-electron chi connectivity index (χ0n) is 13.9. The standard InChI is InChI=1S/C17H31N3O/c1-14(4-8-18)20-10-6-17(7-11-20)5-9-19-12-15(2)21-16(3)13-19/h14-17H,4-7,9-13H2,1-3H3/t14-,15+,16+/m0/s1. The monoisotopic (exact) mass is 293 g/mol. The highest BCUT2D eigenvalue weighted by atomic mass is 16.5. The Morgan fingerprint density at radius 1 is 1.19 bits per heavy atom. The smallest absolute Gasteiger partial charge is 0.0678 e. The summed E-state index contributed by atoms with van der Waals surface area (Å²) in [5, 5.41) is 8.80. The Morgan fingerprint density at radius 2 is 1.81 bits per heavy atom. The van der Waals surface area contributed by atoms with Crippen LogP contribution < -0.4 is 0 Å². The lowest BCUT2D eigenvalue weighted by molar-refractivity contribution is -0.0694. The highest BCUT2D eigenvalue weighted by Gasteiger charge is 2.25. The topological polar surface area (TPSA) is 39.5 Å². The summed E-state index contributed by atoms with van der Waals surface area (Å²) in [6.45, 7) is 12.3. The molecular weight excluding hydrogens is 262 g/mol. The molecule has 0 aliphatic carbocycles. The van der Waals surface area contributed by atoms with Gasteiger partial charge in [-0.25, -0.2) is 0 Å². The minimum absolute atomic E-state index is 0.377. The molecular formula is C17H31N3O. The number of piperidine rings is 1. The van der Waals surface area contributed by atoms with Gasteiger partial charge in [-0.2, -0.15) is 5.26 Å². The average molecular weight is 293 g/mol. The molecule has 2 heterocycles. The molecule has 2 rings (SSSR count). The Balaban J connectivity index is 1.66. The number of nitrogens with zero attached hydrogens (tertiary/aromatic N) is 3. The van der Waals surface area contributed by atoms with Crippen molar-refractivity contribution in [1.29, 1.82) is 5.26 Å². The van der Waals surface area contributed by atoms with Crippen molar-refractivity contribution in [2.24, 2.45) is 5.92 Å². The van der Waals surface area contributed by atoms with Crippen LogP contribution >= 0.6 is 0 Å². The number of hydrogen-bond donors (Lipinski definition) is 0. The molecule has 0 unspecified atom stereocenters. The highest BCUT2D eigenvalue weighted by molar-refractivity contribution is 4.83. The lowest BCUT2D eigenvalue weighted by Crippen LogP contribution is -2.46. The predicted molar refractivity (Wildman–Crippen MR) is 85.1 cm³/mol. The zero-order chi connectivity index (χ0) is 15.2. The van der Waals surface area contributed by atoms with E-state index in [0.717, 1.165) is 19.0 Å². The van der Waals surface area contributed by atoms with Crippen LogP contribution in [0.25, 0.3) is 0 Å². The number of ether oxygens (including phenoxy) is 1. The third-order valence-electron chi connectivity index (χ3n) is 5.01. The van der Waals surface area contributed by atoms with Gasteiger partial charge in [-0.15, -0.1) is 0 Å². The van der Waals surface area contributed by atoms with E-state index in [4.69, 9.17) is 10.00 Å². The Labute approximate surface area is 130 Å². The average Bonchev–Trinajstić information content (AvgIpc) is 2.45. The van der Waals surface area contributed by atoms with E-state index in [1.807, 2.05) is 0 Å². The van der Waals surface area contributed by atoms with Crippen molar-refractivity contribution in [3.8, 4) is 6.07 Å². The van der Waals surface area contributed by atoms with E-state index in [2.05, 4.69) is 36.6 Å². The molecule has 2 aliphatic heterocycles. The molecule has 21 heavy (non-hydrogen) atoms. The summed E-state index contributed by atoms with van der Waals surface area (Å²) in [5.74, 6) is 0.865. The molecule has 0 bridgehead atoms. The molecule has 0 aromatic rings. The van der Waals surface area contributed by atoms with E-state index in [1.165, 1.54) is 38.9 Å². The molecule has 0 N–H and O–H groups in total. The van der Waals surface area contributed by atoms with Crippen molar-refractivity contribution in [2.75, 3.05) is 32.7 Å².